The minimum atomic E-state index is -3.48. The van der Waals surface area contributed by atoms with Crippen LogP contribution >= 0.6 is 0 Å². The Morgan fingerprint density at radius 2 is 1.77 bits per heavy atom. The van der Waals surface area contributed by atoms with Gasteiger partial charge < -0.3 is 10.6 Å². The summed E-state index contributed by atoms with van der Waals surface area (Å²) in [6, 6.07) is 11.1. The van der Waals surface area contributed by atoms with Crippen LogP contribution in [0.2, 0.25) is 0 Å². The number of carbonyl (C=O) groups excluding carboxylic acids is 1. The fraction of sp³-hybridized carbons (Fsp3) is 0.381. The van der Waals surface area contributed by atoms with Crippen molar-refractivity contribution >= 4 is 28.0 Å². The number of nitrogens with one attached hydrogen (secondary N) is 2. The smallest absolute Gasteiger partial charge is 0.236 e. The molecule has 9 heteroatoms. The number of piperidine rings is 1. The van der Waals surface area contributed by atoms with E-state index in [4.69, 9.17) is 0 Å². The highest BCUT2D eigenvalue weighted by Gasteiger charge is 2.29. The third kappa shape index (κ3) is 6.64. The van der Waals surface area contributed by atoms with Crippen LogP contribution in [0.1, 0.15) is 24.8 Å². The molecule has 1 fully saturated rings. The average molecular weight is 430 g/mol. The molecule has 8 nitrogen and oxygen atoms in total. The third-order valence-electron chi connectivity index (χ3n) is 4.92. The molecule has 0 atom stereocenters. The second-order valence-corrected chi connectivity index (χ2v) is 8.89. The zero-order valence-corrected chi connectivity index (χ0v) is 17.6. The standard InChI is InChI=1S/C21H27N5O3S/c27-20(22-11-4-12-23-21-24-13-5-14-25-21)19-8-15-26(16-9-19)30(28,29)17-10-18-6-2-1-3-7-18/h1-3,5-7,10,13-14,17,19H,4,8-9,11-12,15-16H2,(H,22,27)(H,23,24,25). The summed E-state index contributed by atoms with van der Waals surface area (Å²) in [4.78, 5) is 20.5. The molecule has 0 unspecified atom stereocenters. The molecule has 1 saturated heterocycles. The van der Waals surface area contributed by atoms with E-state index in [9.17, 15) is 13.2 Å². The molecule has 2 N–H and O–H groups in total. The van der Waals surface area contributed by atoms with Crippen LogP contribution in [0.3, 0.4) is 0 Å². The minimum Gasteiger partial charge on any atom is -0.356 e. The van der Waals surface area contributed by atoms with Gasteiger partial charge in [-0.15, -0.1) is 0 Å². The summed E-state index contributed by atoms with van der Waals surface area (Å²) in [6.45, 7) is 1.92. The first kappa shape index (κ1) is 21.9. The summed E-state index contributed by atoms with van der Waals surface area (Å²) in [5, 5.41) is 7.27. The molecule has 0 aliphatic carbocycles. The van der Waals surface area contributed by atoms with Gasteiger partial charge in [-0.05, 0) is 37.0 Å². The van der Waals surface area contributed by atoms with Gasteiger partial charge in [0.05, 0.1) is 0 Å². The molecule has 1 aromatic heterocycles. The quantitative estimate of drug-likeness (QED) is 0.592. The van der Waals surface area contributed by atoms with Crippen molar-refractivity contribution in [3.8, 4) is 0 Å². The Morgan fingerprint density at radius 3 is 2.47 bits per heavy atom. The Bertz CT molecular complexity index is 928. The number of aromatic nitrogens is 2. The summed E-state index contributed by atoms with van der Waals surface area (Å²) >= 11 is 0. The fourth-order valence-electron chi connectivity index (χ4n) is 3.22. The lowest BCUT2D eigenvalue weighted by atomic mass is 9.97. The number of hydrogen-bond acceptors (Lipinski definition) is 6. The van der Waals surface area contributed by atoms with Gasteiger partial charge in [-0.1, -0.05) is 30.3 Å². The number of amides is 1. The normalized spacial score (nSPS) is 15.9. The molecule has 0 bridgehead atoms. The molecule has 1 aliphatic heterocycles. The van der Waals surface area contributed by atoms with Crippen LogP contribution in [-0.2, 0) is 14.8 Å². The van der Waals surface area contributed by atoms with E-state index in [2.05, 4.69) is 20.6 Å². The Labute approximate surface area is 177 Å². The maximum atomic E-state index is 12.5. The first-order valence-electron chi connectivity index (χ1n) is 10.1. The number of nitrogens with zero attached hydrogens (tertiary/aromatic N) is 3. The monoisotopic (exact) mass is 429 g/mol. The van der Waals surface area contributed by atoms with Crippen molar-refractivity contribution in [1.29, 1.82) is 0 Å². The van der Waals surface area contributed by atoms with Gasteiger partial charge in [0.1, 0.15) is 0 Å². The Hall–Kier alpha value is -2.78. The van der Waals surface area contributed by atoms with Crippen LogP contribution in [0.5, 0.6) is 0 Å². The third-order valence-corrected chi connectivity index (χ3v) is 6.48. The van der Waals surface area contributed by atoms with Gasteiger partial charge in [-0.3, -0.25) is 4.79 Å². The number of hydrogen-bond donors (Lipinski definition) is 2. The maximum Gasteiger partial charge on any atom is 0.236 e. The molecular weight excluding hydrogens is 402 g/mol. The lowest BCUT2D eigenvalue weighted by Crippen LogP contribution is -2.42. The Kier molecular flexibility index (Phi) is 7.92. The largest absolute Gasteiger partial charge is 0.356 e. The highest BCUT2D eigenvalue weighted by Crippen LogP contribution is 2.21. The lowest BCUT2D eigenvalue weighted by Gasteiger charge is -2.29. The molecule has 160 valence electrons. The topological polar surface area (TPSA) is 104 Å². The van der Waals surface area contributed by atoms with Gasteiger partial charge in [-0.25, -0.2) is 18.4 Å². The number of sulfonamides is 1. The van der Waals surface area contributed by atoms with Crippen molar-refractivity contribution in [2.75, 3.05) is 31.5 Å². The van der Waals surface area contributed by atoms with Crippen LogP contribution in [0.15, 0.2) is 54.2 Å². The Balaban J connectivity index is 1.37. The Morgan fingerprint density at radius 1 is 1.07 bits per heavy atom. The number of carbonyl (C=O) groups is 1. The van der Waals surface area contributed by atoms with Crippen molar-refractivity contribution in [2.45, 2.75) is 19.3 Å². The second-order valence-electron chi connectivity index (χ2n) is 7.08. The molecular formula is C21H27N5O3S. The van der Waals surface area contributed by atoms with Crippen LogP contribution in [0.25, 0.3) is 6.08 Å². The zero-order valence-electron chi connectivity index (χ0n) is 16.8. The van der Waals surface area contributed by atoms with Crippen LogP contribution in [0.4, 0.5) is 5.95 Å². The van der Waals surface area contributed by atoms with E-state index in [-0.39, 0.29) is 11.8 Å². The molecule has 1 aromatic carbocycles. The molecule has 0 saturated carbocycles. The molecule has 0 spiro atoms. The number of benzene rings is 1. The van der Waals surface area contributed by atoms with Gasteiger partial charge in [-0.2, -0.15) is 4.31 Å². The van der Waals surface area contributed by atoms with E-state index in [1.54, 1.807) is 24.5 Å². The van der Waals surface area contributed by atoms with Crippen molar-refractivity contribution in [3.63, 3.8) is 0 Å². The molecule has 0 radical (unpaired) electrons. The molecule has 1 amide bonds. The molecule has 1 aliphatic rings. The summed E-state index contributed by atoms with van der Waals surface area (Å²) < 4.78 is 26.5. The van der Waals surface area contributed by atoms with Crippen molar-refractivity contribution < 1.29 is 13.2 Å². The van der Waals surface area contributed by atoms with Crippen LogP contribution in [0, 0.1) is 5.92 Å². The predicted octanol–water partition coefficient (Wildman–Crippen LogP) is 2.11. The second kappa shape index (κ2) is 10.8. The van der Waals surface area contributed by atoms with Gasteiger partial charge >= 0.3 is 0 Å². The van der Waals surface area contributed by atoms with E-state index in [1.165, 1.54) is 9.71 Å². The lowest BCUT2D eigenvalue weighted by molar-refractivity contribution is -0.126. The number of anilines is 1. The summed E-state index contributed by atoms with van der Waals surface area (Å²) in [5.74, 6) is 0.404. The van der Waals surface area contributed by atoms with Gasteiger partial charge in [0, 0.05) is 49.9 Å². The number of rotatable bonds is 9. The maximum absolute atomic E-state index is 12.5. The average Bonchev–Trinajstić information content (AvgIpc) is 2.79. The van der Waals surface area contributed by atoms with E-state index in [0.29, 0.717) is 45.0 Å². The zero-order chi connectivity index (χ0) is 21.2. The fourth-order valence-corrected chi connectivity index (χ4v) is 4.44. The summed E-state index contributed by atoms with van der Waals surface area (Å²) in [6.07, 6.45) is 6.74. The summed E-state index contributed by atoms with van der Waals surface area (Å²) in [5.41, 5.74) is 0.837. The van der Waals surface area contributed by atoms with E-state index in [0.717, 1.165) is 12.0 Å². The van der Waals surface area contributed by atoms with Gasteiger partial charge in [0.25, 0.3) is 0 Å². The van der Waals surface area contributed by atoms with Gasteiger partial charge in [0.15, 0.2) is 0 Å². The van der Waals surface area contributed by atoms with Crippen molar-refractivity contribution in [2.24, 2.45) is 5.92 Å². The molecule has 2 aromatic rings. The molecule has 2 heterocycles. The highest BCUT2D eigenvalue weighted by molar-refractivity contribution is 7.92. The van der Waals surface area contributed by atoms with E-state index < -0.39 is 10.0 Å². The van der Waals surface area contributed by atoms with Crippen LogP contribution < -0.4 is 10.6 Å². The molecule has 3 rings (SSSR count). The van der Waals surface area contributed by atoms with E-state index in [1.807, 2.05) is 30.3 Å². The predicted molar refractivity (Wildman–Crippen MR) is 117 cm³/mol. The van der Waals surface area contributed by atoms with Crippen LogP contribution in [-0.4, -0.2) is 54.8 Å². The minimum absolute atomic E-state index is 0.0113. The first-order chi connectivity index (χ1) is 14.5. The summed E-state index contributed by atoms with van der Waals surface area (Å²) in [7, 11) is -3.48. The van der Waals surface area contributed by atoms with Crippen molar-refractivity contribution in [3.05, 3.63) is 59.8 Å². The SMILES string of the molecule is O=C(NCCCNc1ncccn1)C1CCN(S(=O)(=O)C=Cc2ccccc2)CC1. The van der Waals surface area contributed by atoms with Gasteiger partial charge in [0.2, 0.25) is 21.9 Å². The molecule has 30 heavy (non-hydrogen) atoms. The van der Waals surface area contributed by atoms with E-state index >= 15 is 0 Å². The van der Waals surface area contributed by atoms with Crippen molar-refractivity contribution in [1.82, 2.24) is 19.6 Å². The highest BCUT2D eigenvalue weighted by atomic mass is 32.2. The first-order valence-corrected chi connectivity index (χ1v) is 11.6.